The number of benzene rings is 2. The molecule has 136 valence electrons. The molecule has 0 saturated heterocycles. The molecule has 3 aromatic rings. The highest BCUT2D eigenvalue weighted by Gasteiger charge is 2.13. The zero-order valence-electron chi connectivity index (χ0n) is 16.0. The third kappa shape index (κ3) is 4.37. The molecule has 1 aromatic heterocycles. The molecule has 0 radical (unpaired) electrons. The maximum absolute atomic E-state index is 9.32. The van der Waals surface area contributed by atoms with Crippen LogP contribution in [0.5, 0.6) is 0 Å². The van der Waals surface area contributed by atoms with Crippen molar-refractivity contribution in [3.8, 4) is 17.2 Å². The molecule has 0 amide bonds. The summed E-state index contributed by atoms with van der Waals surface area (Å²) in [6, 6.07) is 18.5. The van der Waals surface area contributed by atoms with Crippen LogP contribution in [0.1, 0.15) is 41.6 Å². The lowest BCUT2D eigenvalue weighted by Gasteiger charge is -2.13. The second-order valence-electron chi connectivity index (χ2n) is 6.49. The Morgan fingerprint density at radius 2 is 1.78 bits per heavy atom. The summed E-state index contributed by atoms with van der Waals surface area (Å²) >= 11 is 1.69. The number of nitrogens with zero attached hydrogens (tertiary/aromatic N) is 3. The molecule has 0 spiro atoms. The lowest BCUT2D eigenvalue weighted by Crippen LogP contribution is -2.06. The highest BCUT2D eigenvalue weighted by atomic mass is 32.2. The summed E-state index contributed by atoms with van der Waals surface area (Å²) in [5.41, 5.74) is 6.37. The lowest BCUT2D eigenvalue weighted by molar-refractivity contribution is 0.799. The summed E-state index contributed by atoms with van der Waals surface area (Å²) in [6.45, 7) is 4.14. The van der Waals surface area contributed by atoms with Crippen LogP contribution in [-0.4, -0.2) is 16.2 Å². The van der Waals surface area contributed by atoms with Crippen LogP contribution >= 0.6 is 11.8 Å². The van der Waals surface area contributed by atoms with Crippen molar-refractivity contribution >= 4 is 11.8 Å². The van der Waals surface area contributed by atoms with Crippen LogP contribution < -0.4 is 0 Å². The Hall–Kier alpha value is -2.64. The van der Waals surface area contributed by atoms with E-state index in [1.807, 2.05) is 31.2 Å². The fourth-order valence-corrected chi connectivity index (χ4v) is 3.91. The molecule has 27 heavy (non-hydrogen) atoms. The van der Waals surface area contributed by atoms with E-state index in [0.717, 1.165) is 46.9 Å². The average Bonchev–Trinajstić information content (AvgIpc) is 2.70. The molecule has 0 aliphatic carbocycles. The van der Waals surface area contributed by atoms with E-state index < -0.39 is 0 Å². The summed E-state index contributed by atoms with van der Waals surface area (Å²) in [5, 5.41) is 10.4. The summed E-state index contributed by atoms with van der Waals surface area (Å²) in [7, 11) is 0. The van der Waals surface area contributed by atoms with E-state index in [0.29, 0.717) is 5.56 Å². The average molecular weight is 374 g/mol. The van der Waals surface area contributed by atoms with Gasteiger partial charge in [0.2, 0.25) is 0 Å². The number of nitriles is 1. The largest absolute Gasteiger partial charge is 0.238 e. The summed E-state index contributed by atoms with van der Waals surface area (Å²) in [5.74, 6) is 0.843. The third-order valence-electron chi connectivity index (χ3n) is 4.54. The van der Waals surface area contributed by atoms with E-state index in [2.05, 4.69) is 48.5 Å². The summed E-state index contributed by atoms with van der Waals surface area (Å²) < 4.78 is 0. The Morgan fingerprint density at radius 1 is 1.04 bits per heavy atom. The smallest absolute Gasteiger partial charge is 0.126 e. The minimum Gasteiger partial charge on any atom is -0.238 e. The van der Waals surface area contributed by atoms with Gasteiger partial charge < -0.3 is 0 Å². The van der Waals surface area contributed by atoms with Crippen molar-refractivity contribution < 1.29 is 0 Å². The maximum Gasteiger partial charge on any atom is 0.126 e. The monoisotopic (exact) mass is 373 g/mol. The van der Waals surface area contributed by atoms with Crippen molar-refractivity contribution in [1.82, 2.24) is 9.97 Å². The maximum atomic E-state index is 9.32. The molecule has 0 fully saturated rings. The van der Waals surface area contributed by atoms with Crippen molar-refractivity contribution in [1.29, 1.82) is 5.26 Å². The Balaban J connectivity index is 1.93. The Labute approximate surface area is 165 Å². The first kappa shape index (κ1) is 19.1. The van der Waals surface area contributed by atoms with E-state index in [4.69, 9.17) is 4.98 Å². The van der Waals surface area contributed by atoms with Gasteiger partial charge in [-0.25, -0.2) is 9.97 Å². The van der Waals surface area contributed by atoms with E-state index in [1.165, 1.54) is 11.1 Å². The predicted molar refractivity (Wildman–Crippen MR) is 112 cm³/mol. The molecule has 2 aromatic carbocycles. The fraction of sp³-hybridized carbons (Fsp3) is 0.261. The first-order valence-corrected chi connectivity index (χ1v) is 10.4. The van der Waals surface area contributed by atoms with Crippen molar-refractivity contribution in [2.75, 3.05) is 6.26 Å². The molecule has 0 aliphatic rings. The second-order valence-corrected chi connectivity index (χ2v) is 7.28. The van der Waals surface area contributed by atoms with Crippen molar-refractivity contribution in [3.05, 3.63) is 76.7 Å². The van der Waals surface area contributed by atoms with Gasteiger partial charge in [0.25, 0.3) is 0 Å². The zero-order chi connectivity index (χ0) is 19.2. The molecular weight excluding hydrogens is 350 g/mol. The molecule has 0 bridgehead atoms. The number of aromatic nitrogens is 2. The number of rotatable bonds is 6. The van der Waals surface area contributed by atoms with Crippen LogP contribution in [0.25, 0.3) is 11.1 Å². The molecular formula is C23H23N3S. The molecule has 1 heterocycles. The van der Waals surface area contributed by atoms with Gasteiger partial charge >= 0.3 is 0 Å². The zero-order valence-corrected chi connectivity index (χ0v) is 16.8. The van der Waals surface area contributed by atoms with Crippen LogP contribution in [0.2, 0.25) is 0 Å². The van der Waals surface area contributed by atoms with Gasteiger partial charge in [-0.1, -0.05) is 55.8 Å². The van der Waals surface area contributed by atoms with E-state index in [-0.39, 0.29) is 0 Å². The number of hydrogen-bond acceptors (Lipinski definition) is 4. The number of hydrogen-bond donors (Lipinski definition) is 0. The first-order chi connectivity index (χ1) is 13.2. The standard InChI is InChI=1S/C23H23N3S/c1-4-7-22-21(23(27-3)26-16(2)25-22)14-17-10-12-18(13-11-17)20-9-6-5-8-19(20)15-24/h5-6,8-13H,4,7,14H2,1-3H3. The number of thioether (sulfide) groups is 1. The van der Waals surface area contributed by atoms with Crippen LogP contribution in [0, 0.1) is 18.3 Å². The highest BCUT2D eigenvalue weighted by Crippen LogP contribution is 2.27. The van der Waals surface area contributed by atoms with Crippen LogP contribution in [0.4, 0.5) is 0 Å². The minimum absolute atomic E-state index is 0.701. The van der Waals surface area contributed by atoms with Gasteiger partial charge in [-0.05, 0) is 42.4 Å². The lowest BCUT2D eigenvalue weighted by atomic mass is 9.97. The van der Waals surface area contributed by atoms with Gasteiger partial charge in [0, 0.05) is 17.7 Å². The molecule has 3 rings (SSSR count). The Morgan fingerprint density at radius 3 is 2.44 bits per heavy atom. The van der Waals surface area contributed by atoms with Gasteiger partial charge in [-0.2, -0.15) is 5.26 Å². The van der Waals surface area contributed by atoms with Gasteiger partial charge in [0.1, 0.15) is 10.9 Å². The van der Waals surface area contributed by atoms with Crippen LogP contribution in [-0.2, 0) is 12.8 Å². The van der Waals surface area contributed by atoms with Gasteiger partial charge in [-0.15, -0.1) is 11.8 Å². The SMILES string of the molecule is CCCc1nc(C)nc(SC)c1Cc1ccc(-c2ccccc2C#N)cc1. The van der Waals surface area contributed by atoms with Crippen LogP contribution in [0.3, 0.4) is 0 Å². The predicted octanol–water partition coefficient (Wildman–Crippen LogP) is 5.59. The minimum atomic E-state index is 0.701. The van der Waals surface area contributed by atoms with Crippen molar-refractivity contribution in [2.24, 2.45) is 0 Å². The third-order valence-corrected chi connectivity index (χ3v) is 5.26. The second kappa shape index (κ2) is 8.83. The molecule has 0 N–H and O–H groups in total. The molecule has 3 nitrogen and oxygen atoms in total. The highest BCUT2D eigenvalue weighted by molar-refractivity contribution is 7.98. The van der Waals surface area contributed by atoms with Gasteiger partial charge in [0.05, 0.1) is 11.6 Å². The Kier molecular flexibility index (Phi) is 6.26. The summed E-state index contributed by atoms with van der Waals surface area (Å²) in [4.78, 5) is 9.33. The van der Waals surface area contributed by atoms with E-state index >= 15 is 0 Å². The van der Waals surface area contributed by atoms with Crippen LogP contribution in [0.15, 0.2) is 53.6 Å². The quantitative estimate of drug-likeness (QED) is 0.417. The molecule has 0 unspecified atom stereocenters. The number of aryl methyl sites for hydroxylation is 2. The fourth-order valence-electron chi connectivity index (χ4n) is 3.25. The molecule has 0 atom stereocenters. The van der Waals surface area contributed by atoms with Crippen molar-refractivity contribution in [3.63, 3.8) is 0 Å². The molecule has 0 saturated carbocycles. The van der Waals surface area contributed by atoms with Crippen molar-refractivity contribution in [2.45, 2.75) is 38.1 Å². The summed E-state index contributed by atoms with van der Waals surface area (Å²) in [6.07, 6.45) is 4.94. The normalized spacial score (nSPS) is 10.6. The van der Waals surface area contributed by atoms with E-state index in [1.54, 1.807) is 11.8 Å². The molecule has 0 aliphatic heterocycles. The topological polar surface area (TPSA) is 49.6 Å². The first-order valence-electron chi connectivity index (χ1n) is 9.15. The van der Waals surface area contributed by atoms with Gasteiger partial charge in [0.15, 0.2) is 0 Å². The Bertz CT molecular complexity index is 972. The van der Waals surface area contributed by atoms with Gasteiger partial charge in [-0.3, -0.25) is 0 Å². The van der Waals surface area contributed by atoms with E-state index in [9.17, 15) is 5.26 Å². The molecule has 4 heteroatoms.